The van der Waals surface area contributed by atoms with E-state index < -0.39 is 12.1 Å². The summed E-state index contributed by atoms with van der Waals surface area (Å²) < 4.78 is 0. The molecule has 1 aromatic carbocycles. The average molecular weight is 416 g/mol. The zero-order chi connectivity index (χ0) is 21.7. The molecule has 3 amide bonds. The van der Waals surface area contributed by atoms with Crippen molar-refractivity contribution >= 4 is 17.7 Å². The van der Waals surface area contributed by atoms with E-state index in [-0.39, 0.29) is 29.2 Å². The monoisotopic (exact) mass is 415 g/mol. The number of amides is 3. The number of aliphatic hydroxyl groups excluding tert-OH is 1. The highest BCUT2D eigenvalue weighted by molar-refractivity contribution is 5.87. The summed E-state index contributed by atoms with van der Waals surface area (Å²) in [7, 11) is 0. The molecule has 7 nitrogen and oxygen atoms in total. The molecule has 4 atom stereocenters. The minimum atomic E-state index is -0.613. The van der Waals surface area contributed by atoms with Gasteiger partial charge in [0.1, 0.15) is 6.04 Å². The third-order valence-corrected chi connectivity index (χ3v) is 6.65. The molecule has 7 heteroatoms. The first-order valence-corrected chi connectivity index (χ1v) is 10.9. The van der Waals surface area contributed by atoms with E-state index >= 15 is 0 Å². The maximum absolute atomic E-state index is 12.9. The second kappa shape index (κ2) is 9.60. The Hall–Kier alpha value is -2.41. The van der Waals surface area contributed by atoms with Crippen molar-refractivity contribution in [1.29, 1.82) is 0 Å². The van der Waals surface area contributed by atoms with E-state index in [1.807, 2.05) is 18.2 Å². The summed E-state index contributed by atoms with van der Waals surface area (Å²) in [5, 5.41) is 16.6. The Labute approximate surface area is 178 Å². The van der Waals surface area contributed by atoms with Gasteiger partial charge in [0.25, 0.3) is 0 Å². The highest BCUT2D eigenvalue weighted by Crippen LogP contribution is 2.38. The second-order valence-corrected chi connectivity index (χ2v) is 8.69. The number of rotatable bonds is 5. The molecule has 2 aliphatic rings. The quantitative estimate of drug-likeness (QED) is 0.635. The Bertz CT molecular complexity index is 769. The van der Waals surface area contributed by atoms with Crippen LogP contribution in [-0.4, -0.2) is 59.0 Å². The molecule has 1 heterocycles. The minimum Gasteiger partial charge on any atom is -0.391 e. The number of likely N-dealkylation sites (tertiary alicyclic amines) is 1. The fraction of sp³-hybridized carbons (Fsp3) is 0.609. The van der Waals surface area contributed by atoms with Crippen molar-refractivity contribution in [2.75, 3.05) is 13.1 Å². The van der Waals surface area contributed by atoms with Crippen molar-refractivity contribution in [2.45, 2.75) is 76.0 Å². The average Bonchev–Trinajstić information content (AvgIpc) is 3.17. The van der Waals surface area contributed by atoms with Gasteiger partial charge in [0.05, 0.1) is 12.1 Å². The van der Waals surface area contributed by atoms with Crippen LogP contribution in [0.3, 0.4) is 0 Å². The highest BCUT2D eigenvalue weighted by atomic mass is 16.3. The van der Waals surface area contributed by atoms with Crippen molar-refractivity contribution in [3.8, 4) is 0 Å². The molecule has 1 saturated carbocycles. The fourth-order valence-corrected chi connectivity index (χ4v) is 4.95. The molecule has 0 spiro atoms. The van der Waals surface area contributed by atoms with Gasteiger partial charge in [-0.25, -0.2) is 0 Å². The molecule has 30 heavy (non-hydrogen) atoms. The van der Waals surface area contributed by atoms with Gasteiger partial charge in [-0.3, -0.25) is 14.4 Å². The predicted octanol–water partition coefficient (Wildman–Crippen LogP) is 1.49. The van der Waals surface area contributed by atoms with Gasteiger partial charge in [-0.05, 0) is 44.1 Å². The fourth-order valence-electron chi connectivity index (χ4n) is 4.95. The van der Waals surface area contributed by atoms with Gasteiger partial charge in [-0.2, -0.15) is 0 Å². The smallest absolute Gasteiger partial charge is 0.242 e. The van der Waals surface area contributed by atoms with E-state index in [2.05, 4.69) is 22.8 Å². The molecule has 0 radical (unpaired) electrons. The summed E-state index contributed by atoms with van der Waals surface area (Å²) in [6, 6.07) is 9.37. The lowest BCUT2D eigenvalue weighted by atomic mass is 9.74. The first-order chi connectivity index (χ1) is 14.3. The second-order valence-electron chi connectivity index (χ2n) is 8.69. The summed E-state index contributed by atoms with van der Waals surface area (Å²) in [5.41, 5.74) is 0.793. The predicted molar refractivity (Wildman–Crippen MR) is 114 cm³/mol. The Kier molecular flexibility index (Phi) is 7.13. The number of hydrogen-bond donors (Lipinski definition) is 3. The standard InChI is InChI=1S/C23H33N3O4/c1-16(27)25-19-10-12-23(13-11-21(19)29,18-7-4-3-5-8-18)15-24-22(30)20-9-6-14-26(20)17(2)28/h3-5,7-8,19-21,29H,6,9-15H2,1-2H3,(H,24,30)(H,25,27)/t19-,20+,21-,23-/m0/s1. The lowest BCUT2D eigenvalue weighted by molar-refractivity contribution is -0.137. The molecule has 0 bridgehead atoms. The van der Waals surface area contributed by atoms with Gasteiger partial charge >= 0.3 is 0 Å². The van der Waals surface area contributed by atoms with E-state index in [9.17, 15) is 19.5 Å². The number of carbonyl (C=O) groups excluding carboxylic acids is 3. The maximum atomic E-state index is 12.9. The van der Waals surface area contributed by atoms with Crippen LogP contribution < -0.4 is 10.6 Å². The van der Waals surface area contributed by atoms with Crippen molar-refractivity contribution in [3.05, 3.63) is 35.9 Å². The van der Waals surface area contributed by atoms with E-state index in [0.29, 0.717) is 38.8 Å². The van der Waals surface area contributed by atoms with E-state index in [1.54, 1.807) is 4.90 Å². The lowest BCUT2D eigenvalue weighted by Gasteiger charge is -2.35. The third kappa shape index (κ3) is 5.01. The molecule has 0 unspecified atom stereocenters. The molecule has 3 N–H and O–H groups in total. The van der Waals surface area contributed by atoms with Crippen LogP contribution in [-0.2, 0) is 19.8 Å². The zero-order valence-electron chi connectivity index (χ0n) is 17.9. The van der Waals surface area contributed by atoms with Crippen molar-refractivity contribution in [3.63, 3.8) is 0 Å². The summed E-state index contributed by atoms with van der Waals surface area (Å²) >= 11 is 0. The third-order valence-electron chi connectivity index (χ3n) is 6.65. The summed E-state index contributed by atoms with van der Waals surface area (Å²) in [4.78, 5) is 38.0. The van der Waals surface area contributed by atoms with Crippen molar-refractivity contribution in [2.24, 2.45) is 0 Å². The summed E-state index contributed by atoms with van der Waals surface area (Å²) in [5.74, 6) is -0.326. The molecule has 2 fully saturated rings. The number of nitrogens with zero attached hydrogens (tertiary/aromatic N) is 1. The zero-order valence-corrected chi connectivity index (χ0v) is 17.9. The van der Waals surface area contributed by atoms with Crippen LogP contribution in [0.4, 0.5) is 0 Å². The number of carbonyl (C=O) groups is 3. The van der Waals surface area contributed by atoms with E-state index in [0.717, 1.165) is 18.4 Å². The summed E-state index contributed by atoms with van der Waals surface area (Å²) in [6.07, 6.45) is 3.53. The van der Waals surface area contributed by atoms with Crippen LogP contribution in [0.5, 0.6) is 0 Å². The van der Waals surface area contributed by atoms with Gasteiger partial charge in [0, 0.05) is 32.4 Å². The molecule has 1 aliphatic heterocycles. The molecular formula is C23H33N3O4. The Morgan fingerprint density at radius 2 is 1.80 bits per heavy atom. The van der Waals surface area contributed by atoms with Gasteiger partial charge in [-0.1, -0.05) is 30.3 Å². The van der Waals surface area contributed by atoms with Crippen LogP contribution in [0.25, 0.3) is 0 Å². The maximum Gasteiger partial charge on any atom is 0.242 e. The number of hydrogen-bond acceptors (Lipinski definition) is 4. The Morgan fingerprint density at radius 3 is 2.47 bits per heavy atom. The molecule has 0 aromatic heterocycles. The first-order valence-electron chi connectivity index (χ1n) is 10.9. The Morgan fingerprint density at radius 1 is 1.10 bits per heavy atom. The number of nitrogens with one attached hydrogen (secondary N) is 2. The van der Waals surface area contributed by atoms with Crippen LogP contribution in [0.2, 0.25) is 0 Å². The molecular weight excluding hydrogens is 382 g/mol. The number of aliphatic hydroxyl groups is 1. The molecule has 164 valence electrons. The van der Waals surface area contributed by atoms with Crippen LogP contribution >= 0.6 is 0 Å². The minimum absolute atomic E-state index is 0.0684. The highest BCUT2D eigenvalue weighted by Gasteiger charge is 2.40. The first kappa shape index (κ1) is 22.3. The van der Waals surface area contributed by atoms with Gasteiger partial charge in [0.15, 0.2) is 0 Å². The number of benzene rings is 1. The Balaban J connectivity index is 1.77. The molecule has 1 saturated heterocycles. The van der Waals surface area contributed by atoms with Crippen molar-refractivity contribution < 1.29 is 19.5 Å². The van der Waals surface area contributed by atoms with Gasteiger partial charge < -0.3 is 20.6 Å². The van der Waals surface area contributed by atoms with Gasteiger partial charge in [-0.15, -0.1) is 0 Å². The molecule has 1 aromatic rings. The molecule has 1 aliphatic carbocycles. The topological polar surface area (TPSA) is 98.7 Å². The normalized spacial score (nSPS) is 29.2. The van der Waals surface area contributed by atoms with Crippen LogP contribution in [0, 0.1) is 0 Å². The van der Waals surface area contributed by atoms with E-state index in [4.69, 9.17) is 0 Å². The lowest BCUT2D eigenvalue weighted by Crippen LogP contribution is -2.49. The van der Waals surface area contributed by atoms with E-state index in [1.165, 1.54) is 13.8 Å². The van der Waals surface area contributed by atoms with Crippen molar-refractivity contribution in [1.82, 2.24) is 15.5 Å². The molecule has 3 rings (SSSR count). The van der Waals surface area contributed by atoms with Gasteiger partial charge in [0.2, 0.25) is 17.7 Å². The largest absolute Gasteiger partial charge is 0.391 e. The summed E-state index contributed by atoms with van der Waals surface area (Å²) in [6.45, 7) is 4.04. The SMILES string of the molecule is CC(=O)N[C@H]1CC[C@](CNC(=O)[C@H]2CCCN2C(C)=O)(c2ccccc2)CC[C@@H]1O. The van der Waals surface area contributed by atoms with Crippen LogP contribution in [0.15, 0.2) is 30.3 Å². The van der Waals surface area contributed by atoms with Crippen LogP contribution in [0.1, 0.15) is 57.9 Å².